The lowest BCUT2D eigenvalue weighted by Gasteiger charge is -2.31. The summed E-state index contributed by atoms with van der Waals surface area (Å²) in [6.45, 7) is 11.4. The number of carbonyl (C=O) groups excluding carboxylic acids is 3. The Morgan fingerprint density at radius 2 is 1.86 bits per heavy atom. The zero-order valence-electron chi connectivity index (χ0n) is 25.7. The second-order valence-electron chi connectivity index (χ2n) is 12.5. The largest absolute Gasteiger partial charge is 0.531 e. The monoisotopic (exact) mass is 602 g/mol. The third-order valence-electron chi connectivity index (χ3n) is 6.57. The molecule has 0 aliphatic carbocycles. The maximum Gasteiger partial charge on any atom is 0.531 e. The van der Waals surface area contributed by atoms with Crippen molar-refractivity contribution in [2.75, 3.05) is 6.61 Å². The number of carboxylic acid groups (broad SMARTS) is 1. The Morgan fingerprint density at radius 3 is 2.44 bits per heavy atom. The zero-order chi connectivity index (χ0) is 31.8. The van der Waals surface area contributed by atoms with Gasteiger partial charge in [0, 0.05) is 19.2 Å². The summed E-state index contributed by atoms with van der Waals surface area (Å²) in [6.07, 6.45) is 3.03. The number of aromatic nitrogens is 3. The van der Waals surface area contributed by atoms with E-state index in [0.717, 1.165) is 30.7 Å². The number of nitrogens with zero attached hydrogens (tertiary/aromatic N) is 4. The minimum absolute atomic E-state index is 0.0152. The number of hydrogen-bond donors (Lipinski definition) is 1. The van der Waals surface area contributed by atoms with Crippen LogP contribution >= 0.6 is 0 Å². The van der Waals surface area contributed by atoms with E-state index in [1.54, 1.807) is 33.2 Å². The van der Waals surface area contributed by atoms with Gasteiger partial charge in [-0.15, -0.1) is 0 Å². The van der Waals surface area contributed by atoms with E-state index in [2.05, 4.69) is 14.9 Å². The number of rotatable bonds is 10. The fourth-order valence-corrected chi connectivity index (χ4v) is 4.48. The first-order valence-corrected chi connectivity index (χ1v) is 14.4. The van der Waals surface area contributed by atoms with E-state index in [-0.39, 0.29) is 29.2 Å². The van der Waals surface area contributed by atoms with Crippen LogP contribution in [0.15, 0.2) is 30.6 Å². The summed E-state index contributed by atoms with van der Waals surface area (Å²) >= 11 is 0. The minimum Gasteiger partial charge on any atom is -0.488 e. The molecule has 0 saturated carbocycles. The van der Waals surface area contributed by atoms with E-state index < -0.39 is 36.0 Å². The maximum absolute atomic E-state index is 12.6. The van der Waals surface area contributed by atoms with Crippen LogP contribution in [0.5, 0.6) is 5.75 Å². The number of pyridine rings is 1. The van der Waals surface area contributed by atoms with Gasteiger partial charge in [0.05, 0.1) is 24.0 Å². The van der Waals surface area contributed by atoms with Crippen LogP contribution in [0.25, 0.3) is 11.4 Å². The van der Waals surface area contributed by atoms with Crippen molar-refractivity contribution >= 4 is 23.9 Å². The number of imide groups is 1. The van der Waals surface area contributed by atoms with Crippen molar-refractivity contribution in [3.63, 3.8) is 0 Å². The summed E-state index contributed by atoms with van der Waals surface area (Å²) in [4.78, 5) is 57.2. The highest BCUT2D eigenvalue weighted by Gasteiger charge is 2.33. The van der Waals surface area contributed by atoms with Gasteiger partial charge in [-0.25, -0.2) is 14.3 Å². The van der Waals surface area contributed by atoms with Crippen LogP contribution in [-0.4, -0.2) is 67.2 Å². The van der Waals surface area contributed by atoms with Gasteiger partial charge < -0.3 is 19.3 Å². The average Bonchev–Trinajstić information content (AvgIpc) is 3.40. The van der Waals surface area contributed by atoms with Crippen molar-refractivity contribution in [1.82, 2.24) is 19.8 Å². The lowest BCUT2D eigenvalue weighted by molar-refractivity contribution is -0.166. The third-order valence-corrected chi connectivity index (χ3v) is 6.57. The van der Waals surface area contributed by atoms with Crippen LogP contribution in [0.3, 0.4) is 0 Å². The molecule has 0 aromatic carbocycles. The molecule has 3 rings (SSSR count). The first-order valence-electron chi connectivity index (χ1n) is 14.4. The number of Topliss-reactive ketones (excluding diaryl/α,β-unsaturated/α-hetero) is 1. The molecule has 1 N–H and O–H groups in total. The van der Waals surface area contributed by atoms with Crippen molar-refractivity contribution in [2.24, 2.45) is 5.41 Å². The molecule has 2 atom stereocenters. The highest BCUT2D eigenvalue weighted by molar-refractivity contribution is 6.03. The quantitative estimate of drug-likeness (QED) is 0.253. The summed E-state index contributed by atoms with van der Waals surface area (Å²) < 4.78 is 19.0. The van der Waals surface area contributed by atoms with Crippen LogP contribution < -0.4 is 4.74 Å². The molecule has 0 radical (unpaired) electrons. The number of amides is 2. The number of hydrogen-bond acceptors (Lipinski definition) is 10. The van der Waals surface area contributed by atoms with Crippen LogP contribution in [0, 0.1) is 5.41 Å². The average molecular weight is 603 g/mol. The molecule has 2 aromatic rings. The molecule has 1 fully saturated rings. The molecular weight excluding hydrogens is 560 g/mol. The van der Waals surface area contributed by atoms with Gasteiger partial charge in [-0.1, -0.05) is 25.8 Å². The topological polar surface area (TPSA) is 159 Å². The maximum atomic E-state index is 12.6. The minimum atomic E-state index is -1.89. The molecule has 13 nitrogen and oxygen atoms in total. The normalized spacial score (nSPS) is 16.2. The molecule has 2 unspecified atom stereocenters. The van der Waals surface area contributed by atoms with E-state index in [9.17, 15) is 19.2 Å². The predicted octanol–water partition coefficient (Wildman–Crippen LogP) is 5.94. The highest BCUT2D eigenvalue weighted by Crippen LogP contribution is 2.31. The van der Waals surface area contributed by atoms with Crippen molar-refractivity contribution in [2.45, 2.75) is 104 Å². The second kappa shape index (κ2) is 14.5. The van der Waals surface area contributed by atoms with E-state index >= 15 is 0 Å². The molecule has 0 spiro atoms. The predicted molar refractivity (Wildman–Crippen MR) is 154 cm³/mol. The van der Waals surface area contributed by atoms with E-state index in [1.165, 1.54) is 0 Å². The Labute approximate surface area is 251 Å². The summed E-state index contributed by atoms with van der Waals surface area (Å²) in [6, 6.07) is 5.62. The molecule has 13 heteroatoms. The standard InChI is InChI=1S/C30H42N4O9/c1-29(2,3)24(11-9-10-20(35)18-25(36)34(43-28(38)39)27(37)42-30(4,5)6)41-21-13-14-22(31-19-21)23-15-16-32-33(23)26-12-7-8-17-40-26/h13-16,19,24,26H,7-12,17-18H2,1-6H3,(H,38,39). The van der Waals surface area contributed by atoms with Gasteiger partial charge in [-0.05, 0) is 76.5 Å². The first kappa shape index (κ1) is 33.5. The summed E-state index contributed by atoms with van der Waals surface area (Å²) in [5.41, 5.74) is 0.315. The van der Waals surface area contributed by atoms with Gasteiger partial charge >= 0.3 is 12.2 Å². The number of carbonyl (C=O) groups is 4. The smallest absolute Gasteiger partial charge is 0.488 e. The Hall–Kier alpha value is -4.00. The number of hydroxylamine groups is 2. The third kappa shape index (κ3) is 10.3. The summed E-state index contributed by atoms with van der Waals surface area (Å²) in [5, 5.41) is 13.3. The molecule has 1 saturated heterocycles. The SMILES string of the molecule is CC(C)(C)OC(=O)N(OC(=O)O)C(=O)CC(=O)CCCC(Oc1ccc(-c2ccnn2C2CCCCO2)nc1)C(C)(C)C. The van der Waals surface area contributed by atoms with Crippen LogP contribution in [-0.2, 0) is 23.9 Å². The Bertz CT molecular complexity index is 1260. The highest BCUT2D eigenvalue weighted by atomic mass is 16.8. The lowest BCUT2D eigenvalue weighted by atomic mass is 9.85. The van der Waals surface area contributed by atoms with E-state index in [1.807, 2.05) is 43.7 Å². The summed E-state index contributed by atoms with van der Waals surface area (Å²) in [7, 11) is 0. The lowest BCUT2D eigenvalue weighted by Crippen LogP contribution is -2.42. The van der Waals surface area contributed by atoms with E-state index in [4.69, 9.17) is 19.3 Å². The van der Waals surface area contributed by atoms with Crippen LogP contribution in [0.2, 0.25) is 0 Å². The van der Waals surface area contributed by atoms with Crippen molar-refractivity contribution < 1.29 is 43.3 Å². The number of ketones is 1. The molecular formula is C30H42N4O9. The second-order valence-corrected chi connectivity index (χ2v) is 12.5. The van der Waals surface area contributed by atoms with Crippen LogP contribution in [0.4, 0.5) is 9.59 Å². The van der Waals surface area contributed by atoms with Crippen molar-refractivity contribution in [3.8, 4) is 17.1 Å². The molecule has 0 bridgehead atoms. The van der Waals surface area contributed by atoms with Gasteiger partial charge in [0.15, 0.2) is 6.23 Å². The van der Waals surface area contributed by atoms with Gasteiger partial charge in [-0.2, -0.15) is 5.10 Å². The van der Waals surface area contributed by atoms with Crippen molar-refractivity contribution in [1.29, 1.82) is 0 Å². The fourth-order valence-electron chi connectivity index (χ4n) is 4.48. The summed E-state index contributed by atoms with van der Waals surface area (Å²) in [5.74, 6) is -1.04. The molecule has 3 heterocycles. The molecule has 1 aliphatic heterocycles. The van der Waals surface area contributed by atoms with Crippen molar-refractivity contribution in [3.05, 3.63) is 30.6 Å². The molecule has 2 aromatic heterocycles. The molecule has 1 aliphatic rings. The first-order chi connectivity index (χ1) is 20.1. The van der Waals surface area contributed by atoms with Gasteiger partial charge in [-0.3, -0.25) is 19.4 Å². The van der Waals surface area contributed by atoms with Gasteiger partial charge in [0.25, 0.3) is 5.91 Å². The van der Waals surface area contributed by atoms with Gasteiger partial charge in [0.2, 0.25) is 0 Å². The Kier molecular flexibility index (Phi) is 11.3. The van der Waals surface area contributed by atoms with Crippen LogP contribution in [0.1, 0.15) is 92.7 Å². The zero-order valence-corrected chi connectivity index (χ0v) is 25.7. The Morgan fingerprint density at radius 1 is 1.12 bits per heavy atom. The van der Waals surface area contributed by atoms with Gasteiger partial charge in [0.1, 0.15) is 23.2 Å². The van der Waals surface area contributed by atoms with E-state index in [0.29, 0.717) is 25.2 Å². The fraction of sp³-hybridized carbons (Fsp3) is 0.600. The molecule has 43 heavy (non-hydrogen) atoms. The molecule has 2 amide bonds. The molecule has 236 valence electrons. The number of ether oxygens (including phenoxy) is 3. The Balaban J connectivity index is 1.57.